The third kappa shape index (κ3) is 3.04. The number of rotatable bonds is 3. The predicted molar refractivity (Wildman–Crippen MR) is 63.5 cm³/mol. The number of nitrogens with zero attached hydrogens (tertiary/aromatic N) is 1. The number of carbonyl (C=O) groups is 1. The first-order valence-electron chi connectivity index (χ1n) is 5.19. The van der Waals surface area contributed by atoms with Crippen molar-refractivity contribution in [3.05, 3.63) is 59.9 Å². The van der Waals surface area contributed by atoms with Crippen LogP contribution in [0.1, 0.15) is 15.9 Å². The molecule has 0 atom stereocenters. The molecule has 0 unspecified atom stereocenters. The van der Waals surface area contributed by atoms with Gasteiger partial charge in [0.1, 0.15) is 0 Å². The molecule has 0 radical (unpaired) electrons. The van der Waals surface area contributed by atoms with Crippen LogP contribution in [-0.2, 0) is 0 Å². The summed E-state index contributed by atoms with van der Waals surface area (Å²) in [5.41, 5.74) is 3.95. The quantitative estimate of drug-likeness (QED) is 0.818. The summed E-state index contributed by atoms with van der Waals surface area (Å²) < 4.78 is 0. The Morgan fingerprint density at radius 1 is 1.24 bits per heavy atom. The molecule has 0 bridgehead atoms. The number of hydrogen-bond donors (Lipinski definition) is 1. The zero-order valence-corrected chi connectivity index (χ0v) is 9.38. The Hall–Kier alpha value is -2.36. The largest absolute Gasteiger partial charge is 0.379 e. The number of aryl methyl sites for hydroxylation is 1. The zero-order chi connectivity index (χ0) is 12.1. The molecule has 1 amide bonds. The number of amides is 1. The minimum atomic E-state index is -0.321. The van der Waals surface area contributed by atoms with Crippen molar-refractivity contribution in [2.45, 2.75) is 6.92 Å². The van der Waals surface area contributed by atoms with Crippen molar-refractivity contribution in [2.24, 2.45) is 0 Å². The first-order chi connectivity index (χ1) is 8.25. The highest BCUT2D eigenvalue weighted by atomic mass is 16.7. The van der Waals surface area contributed by atoms with Crippen molar-refractivity contribution in [1.82, 2.24) is 10.5 Å². The van der Waals surface area contributed by atoms with Gasteiger partial charge in [0.2, 0.25) is 0 Å². The normalized spacial score (nSPS) is 9.71. The van der Waals surface area contributed by atoms with Crippen molar-refractivity contribution in [2.75, 3.05) is 0 Å². The van der Waals surface area contributed by atoms with Gasteiger partial charge in [0.25, 0.3) is 5.91 Å². The number of hydrogen-bond acceptors (Lipinski definition) is 3. The van der Waals surface area contributed by atoms with E-state index < -0.39 is 0 Å². The van der Waals surface area contributed by atoms with E-state index in [2.05, 4.69) is 10.5 Å². The molecular weight excluding hydrogens is 216 g/mol. The molecule has 0 fully saturated rings. The van der Waals surface area contributed by atoms with E-state index in [1.807, 2.05) is 19.1 Å². The van der Waals surface area contributed by atoms with Crippen LogP contribution in [0.25, 0.3) is 0 Å². The van der Waals surface area contributed by atoms with Crippen LogP contribution < -0.4 is 10.3 Å². The van der Waals surface area contributed by atoms with Gasteiger partial charge < -0.3 is 4.84 Å². The fourth-order valence-electron chi connectivity index (χ4n) is 1.27. The van der Waals surface area contributed by atoms with Crippen molar-refractivity contribution >= 4 is 5.91 Å². The summed E-state index contributed by atoms with van der Waals surface area (Å²) in [5, 5.41) is 0. The zero-order valence-electron chi connectivity index (χ0n) is 9.38. The van der Waals surface area contributed by atoms with Crippen molar-refractivity contribution < 1.29 is 9.63 Å². The Bertz CT molecular complexity index is 495. The Balaban J connectivity index is 1.95. The van der Waals surface area contributed by atoms with Gasteiger partial charge in [-0.1, -0.05) is 17.7 Å². The highest BCUT2D eigenvalue weighted by Gasteiger charge is 2.04. The molecule has 86 valence electrons. The molecule has 0 saturated carbocycles. The molecule has 1 aromatic carbocycles. The van der Waals surface area contributed by atoms with E-state index in [0.717, 1.165) is 5.56 Å². The maximum Gasteiger partial charge on any atom is 0.285 e. The van der Waals surface area contributed by atoms with Gasteiger partial charge in [-0.15, -0.1) is 0 Å². The number of benzene rings is 1. The summed E-state index contributed by atoms with van der Waals surface area (Å²) >= 11 is 0. The standard InChI is InChI=1S/C13H12N2O2/c1-10-4-6-12(7-5-10)17-15-13(16)11-3-2-8-14-9-11/h2-9H,1H3,(H,15,16). The highest BCUT2D eigenvalue weighted by molar-refractivity contribution is 5.93. The maximum atomic E-state index is 11.6. The highest BCUT2D eigenvalue weighted by Crippen LogP contribution is 2.10. The van der Waals surface area contributed by atoms with E-state index in [4.69, 9.17) is 4.84 Å². The Morgan fingerprint density at radius 3 is 2.65 bits per heavy atom. The molecule has 0 aliphatic carbocycles. The molecule has 4 heteroatoms. The first kappa shape index (κ1) is 11.1. The van der Waals surface area contributed by atoms with Gasteiger partial charge in [-0.05, 0) is 31.2 Å². The molecule has 2 rings (SSSR count). The SMILES string of the molecule is Cc1ccc(ONC(=O)c2cccnc2)cc1. The lowest BCUT2D eigenvalue weighted by Gasteiger charge is -2.06. The van der Waals surface area contributed by atoms with Crippen molar-refractivity contribution in [3.63, 3.8) is 0 Å². The topological polar surface area (TPSA) is 51.2 Å². The van der Waals surface area contributed by atoms with Gasteiger partial charge in [-0.3, -0.25) is 9.78 Å². The Kier molecular flexibility index (Phi) is 3.35. The predicted octanol–water partition coefficient (Wildman–Crippen LogP) is 2.11. The lowest BCUT2D eigenvalue weighted by molar-refractivity contribution is 0.0759. The van der Waals surface area contributed by atoms with Crippen LogP contribution in [0.2, 0.25) is 0 Å². The molecule has 4 nitrogen and oxygen atoms in total. The van der Waals surface area contributed by atoms with Crippen molar-refractivity contribution in [3.8, 4) is 5.75 Å². The number of carbonyl (C=O) groups excluding carboxylic acids is 1. The fourth-order valence-corrected chi connectivity index (χ4v) is 1.27. The van der Waals surface area contributed by atoms with Gasteiger partial charge in [0.15, 0.2) is 5.75 Å². The van der Waals surface area contributed by atoms with E-state index in [0.29, 0.717) is 11.3 Å². The number of hydroxylamine groups is 1. The second-order valence-electron chi connectivity index (χ2n) is 3.59. The monoisotopic (exact) mass is 228 g/mol. The van der Waals surface area contributed by atoms with Gasteiger partial charge in [0, 0.05) is 12.4 Å². The smallest absolute Gasteiger partial charge is 0.285 e. The summed E-state index contributed by atoms with van der Waals surface area (Å²) in [4.78, 5) is 20.6. The molecule has 2 aromatic rings. The number of nitrogens with one attached hydrogen (secondary N) is 1. The number of pyridine rings is 1. The molecule has 1 N–H and O–H groups in total. The maximum absolute atomic E-state index is 11.6. The lowest BCUT2D eigenvalue weighted by atomic mass is 10.2. The van der Waals surface area contributed by atoms with E-state index in [-0.39, 0.29) is 5.91 Å². The van der Waals surface area contributed by atoms with Crippen molar-refractivity contribution in [1.29, 1.82) is 0 Å². The molecule has 0 spiro atoms. The summed E-state index contributed by atoms with van der Waals surface area (Å²) in [6, 6.07) is 10.8. The van der Waals surface area contributed by atoms with E-state index in [9.17, 15) is 4.79 Å². The van der Waals surface area contributed by atoms with Crippen LogP contribution in [0.5, 0.6) is 5.75 Å². The molecule has 17 heavy (non-hydrogen) atoms. The third-order valence-corrected chi connectivity index (χ3v) is 2.21. The molecule has 0 aliphatic heterocycles. The lowest BCUT2D eigenvalue weighted by Crippen LogP contribution is -2.26. The third-order valence-electron chi connectivity index (χ3n) is 2.21. The van der Waals surface area contributed by atoms with Gasteiger partial charge in [-0.25, -0.2) is 0 Å². The summed E-state index contributed by atoms with van der Waals surface area (Å²) in [6.07, 6.45) is 3.09. The van der Waals surface area contributed by atoms with Crippen LogP contribution >= 0.6 is 0 Å². The molecule has 0 saturated heterocycles. The molecule has 0 aliphatic rings. The Labute approximate surface area is 99.2 Å². The van der Waals surface area contributed by atoms with Crippen LogP contribution in [0.15, 0.2) is 48.8 Å². The van der Waals surface area contributed by atoms with E-state index in [1.54, 1.807) is 30.5 Å². The van der Waals surface area contributed by atoms with Crippen LogP contribution in [0.4, 0.5) is 0 Å². The average molecular weight is 228 g/mol. The Morgan fingerprint density at radius 2 is 2.00 bits per heavy atom. The van der Waals surface area contributed by atoms with Gasteiger partial charge in [0.05, 0.1) is 5.56 Å². The van der Waals surface area contributed by atoms with E-state index in [1.165, 1.54) is 6.20 Å². The first-order valence-corrected chi connectivity index (χ1v) is 5.19. The average Bonchev–Trinajstić information content (AvgIpc) is 2.39. The molecule has 1 aromatic heterocycles. The molecule has 1 heterocycles. The van der Waals surface area contributed by atoms with Crippen LogP contribution in [0, 0.1) is 6.92 Å². The minimum absolute atomic E-state index is 0.321. The summed E-state index contributed by atoms with van der Waals surface area (Å²) in [6.45, 7) is 1.98. The summed E-state index contributed by atoms with van der Waals surface area (Å²) in [5.74, 6) is 0.270. The van der Waals surface area contributed by atoms with Gasteiger partial charge >= 0.3 is 0 Å². The minimum Gasteiger partial charge on any atom is -0.379 e. The second-order valence-corrected chi connectivity index (χ2v) is 3.59. The second kappa shape index (κ2) is 5.12. The van der Waals surface area contributed by atoms with Gasteiger partial charge in [-0.2, -0.15) is 5.48 Å². The number of aromatic nitrogens is 1. The van der Waals surface area contributed by atoms with Crippen LogP contribution in [0.3, 0.4) is 0 Å². The molecular formula is C13H12N2O2. The van der Waals surface area contributed by atoms with Crippen LogP contribution in [-0.4, -0.2) is 10.9 Å². The summed E-state index contributed by atoms with van der Waals surface area (Å²) in [7, 11) is 0. The van der Waals surface area contributed by atoms with E-state index >= 15 is 0 Å². The fraction of sp³-hybridized carbons (Fsp3) is 0.0769.